The molecule has 0 radical (unpaired) electrons. The molecule has 0 atom stereocenters. The van der Waals surface area contributed by atoms with Crippen molar-refractivity contribution in [3.05, 3.63) is 33.9 Å². The zero-order valence-corrected chi connectivity index (χ0v) is 8.71. The summed E-state index contributed by atoms with van der Waals surface area (Å²) in [4.78, 5) is 11.1. The van der Waals surface area contributed by atoms with Crippen molar-refractivity contribution in [2.24, 2.45) is 0 Å². The van der Waals surface area contributed by atoms with E-state index in [2.05, 4.69) is 0 Å². The molecule has 0 N–H and O–H groups in total. The van der Waals surface area contributed by atoms with E-state index >= 15 is 0 Å². The molecule has 2 rings (SSSR count). The predicted molar refractivity (Wildman–Crippen MR) is 56.9 cm³/mol. The second-order valence-electron chi connectivity index (χ2n) is 3.46. The highest BCUT2D eigenvalue weighted by Gasteiger charge is 2.25. The Morgan fingerprint density at radius 2 is 2.21 bits per heavy atom. The topological polar surface area (TPSA) is 43.1 Å². The summed E-state index contributed by atoms with van der Waals surface area (Å²) in [5, 5.41) is 10.7. The van der Waals surface area contributed by atoms with Crippen molar-refractivity contribution in [2.75, 3.05) is 6.26 Å². The number of benzene rings is 1. The summed E-state index contributed by atoms with van der Waals surface area (Å²) in [5.74, 6) is 0.654. The molecule has 0 aliphatic heterocycles. The van der Waals surface area contributed by atoms with Crippen molar-refractivity contribution in [3.8, 4) is 0 Å². The molecule has 0 amide bonds. The zero-order valence-electron chi connectivity index (χ0n) is 7.90. The van der Waals surface area contributed by atoms with Gasteiger partial charge in [-0.25, -0.2) is 0 Å². The Balaban J connectivity index is 2.38. The van der Waals surface area contributed by atoms with Crippen molar-refractivity contribution in [3.63, 3.8) is 0 Å². The van der Waals surface area contributed by atoms with E-state index in [0.717, 1.165) is 4.90 Å². The minimum absolute atomic E-state index is 0.224. The molecule has 0 spiro atoms. The molecule has 1 aliphatic carbocycles. The van der Waals surface area contributed by atoms with Gasteiger partial charge in [0.1, 0.15) is 0 Å². The molecular weight excluding hydrogens is 198 g/mol. The Hall–Kier alpha value is -1.03. The molecule has 1 aromatic rings. The fourth-order valence-corrected chi connectivity index (χ4v) is 2.12. The fraction of sp³-hybridized carbons (Fsp3) is 0.400. The highest BCUT2D eigenvalue weighted by molar-refractivity contribution is 7.98. The van der Waals surface area contributed by atoms with Crippen molar-refractivity contribution >= 4 is 17.4 Å². The maximum atomic E-state index is 10.7. The Kier molecular flexibility index (Phi) is 2.46. The van der Waals surface area contributed by atoms with E-state index in [9.17, 15) is 10.1 Å². The highest BCUT2D eigenvalue weighted by Crippen LogP contribution is 2.42. The minimum atomic E-state index is -0.317. The lowest BCUT2D eigenvalue weighted by atomic mass is 10.1. The molecule has 0 saturated heterocycles. The molecule has 3 nitrogen and oxygen atoms in total. The monoisotopic (exact) mass is 209 g/mol. The van der Waals surface area contributed by atoms with Crippen LogP contribution in [-0.2, 0) is 0 Å². The molecule has 1 aromatic carbocycles. The zero-order chi connectivity index (χ0) is 10.1. The minimum Gasteiger partial charge on any atom is -0.258 e. The number of hydrogen-bond donors (Lipinski definition) is 0. The van der Waals surface area contributed by atoms with Crippen LogP contribution in [0.25, 0.3) is 0 Å². The van der Waals surface area contributed by atoms with Gasteiger partial charge < -0.3 is 0 Å². The van der Waals surface area contributed by atoms with Gasteiger partial charge in [-0.15, -0.1) is 11.8 Å². The number of nitrogens with zero attached hydrogens (tertiary/aromatic N) is 1. The first kappa shape index (κ1) is 9.52. The molecular formula is C10H11NO2S. The van der Waals surface area contributed by atoms with Gasteiger partial charge in [0, 0.05) is 6.07 Å². The predicted octanol–water partition coefficient (Wildman–Crippen LogP) is 3.19. The van der Waals surface area contributed by atoms with Crippen molar-refractivity contribution in [2.45, 2.75) is 23.7 Å². The lowest BCUT2D eigenvalue weighted by Gasteiger charge is -2.02. The van der Waals surface area contributed by atoms with E-state index < -0.39 is 0 Å². The molecule has 1 fully saturated rings. The molecule has 74 valence electrons. The van der Waals surface area contributed by atoms with E-state index in [-0.39, 0.29) is 10.6 Å². The van der Waals surface area contributed by atoms with Crippen molar-refractivity contribution < 1.29 is 4.92 Å². The van der Waals surface area contributed by atoms with Crippen LogP contribution in [0.5, 0.6) is 0 Å². The number of thioether (sulfide) groups is 1. The van der Waals surface area contributed by atoms with Crippen molar-refractivity contribution in [1.29, 1.82) is 0 Å². The quantitative estimate of drug-likeness (QED) is 0.436. The maximum absolute atomic E-state index is 10.7. The first-order valence-electron chi connectivity index (χ1n) is 4.54. The molecule has 0 bridgehead atoms. The first-order chi connectivity index (χ1) is 6.72. The largest absolute Gasteiger partial charge is 0.282 e. The Morgan fingerprint density at radius 1 is 1.50 bits per heavy atom. The Morgan fingerprint density at radius 3 is 2.71 bits per heavy atom. The molecule has 4 heteroatoms. The average molecular weight is 209 g/mol. The van der Waals surface area contributed by atoms with Gasteiger partial charge in [0.05, 0.1) is 9.82 Å². The van der Waals surface area contributed by atoms with Crippen LogP contribution in [0.1, 0.15) is 24.3 Å². The van der Waals surface area contributed by atoms with Crippen LogP contribution in [0.15, 0.2) is 23.1 Å². The molecule has 0 unspecified atom stereocenters. The van der Waals surface area contributed by atoms with Gasteiger partial charge in [0.15, 0.2) is 0 Å². The van der Waals surface area contributed by atoms with Crippen LogP contribution in [-0.4, -0.2) is 11.2 Å². The van der Waals surface area contributed by atoms with Crippen LogP contribution in [0.2, 0.25) is 0 Å². The maximum Gasteiger partial charge on any atom is 0.282 e. The third-order valence-corrected chi connectivity index (χ3v) is 3.22. The summed E-state index contributed by atoms with van der Waals surface area (Å²) in [6.07, 6.45) is 4.33. The smallest absolute Gasteiger partial charge is 0.258 e. The van der Waals surface area contributed by atoms with Crippen LogP contribution in [0.4, 0.5) is 5.69 Å². The Bertz CT molecular complexity index is 374. The first-order valence-corrected chi connectivity index (χ1v) is 5.77. The van der Waals surface area contributed by atoms with Gasteiger partial charge in [-0.2, -0.15) is 0 Å². The molecule has 1 saturated carbocycles. The number of nitro benzene ring substituents is 1. The molecule has 14 heavy (non-hydrogen) atoms. The Labute approximate surface area is 86.7 Å². The third kappa shape index (κ3) is 1.75. The van der Waals surface area contributed by atoms with Crippen LogP contribution < -0.4 is 0 Å². The van der Waals surface area contributed by atoms with E-state index in [1.807, 2.05) is 18.4 Å². The fourth-order valence-electron chi connectivity index (χ4n) is 1.52. The van der Waals surface area contributed by atoms with Crippen molar-refractivity contribution in [1.82, 2.24) is 0 Å². The summed E-state index contributed by atoms with van der Waals surface area (Å²) >= 11 is 1.44. The van der Waals surface area contributed by atoms with Crippen LogP contribution >= 0.6 is 11.8 Å². The van der Waals surface area contributed by atoms with Gasteiger partial charge in [0.25, 0.3) is 5.69 Å². The SMILES string of the molecule is CSc1cc(C2CC2)ccc1[N+](=O)[O-]. The number of nitro groups is 1. The summed E-state index contributed by atoms with van der Waals surface area (Å²) < 4.78 is 0. The summed E-state index contributed by atoms with van der Waals surface area (Å²) in [5.41, 5.74) is 1.47. The highest BCUT2D eigenvalue weighted by atomic mass is 32.2. The van der Waals surface area contributed by atoms with Gasteiger partial charge in [0.2, 0.25) is 0 Å². The number of rotatable bonds is 3. The van der Waals surface area contributed by atoms with E-state index in [0.29, 0.717) is 5.92 Å². The van der Waals surface area contributed by atoms with Gasteiger partial charge in [-0.3, -0.25) is 10.1 Å². The standard InChI is InChI=1S/C10H11NO2S/c1-14-10-6-8(7-2-3-7)4-5-9(10)11(12)13/h4-7H,2-3H2,1H3. The van der Waals surface area contributed by atoms with Gasteiger partial charge in [-0.1, -0.05) is 6.07 Å². The molecule has 0 heterocycles. The third-order valence-electron chi connectivity index (χ3n) is 2.45. The lowest BCUT2D eigenvalue weighted by molar-refractivity contribution is -0.387. The van der Waals surface area contributed by atoms with Gasteiger partial charge >= 0.3 is 0 Å². The summed E-state index contributed by atoms with van der Waals surface area (Å²) in [6, 6.07) is 5.47. The second-order valence-corrected chi connectivity index (χ2v) is 4.31. The summed E-state index contributed by atoms with van der Waals surface area (Å²) in [6.45, 7) is 0. The van der Waals surface area contributed by atoms with E-state index in [1.165, 1.54) is 30.2 Å². The van der Waals surface area contributed by atoms with Crippen LogP contribution in [0, 0.1) is 10.1 Å². The second kappa shape index (κ2) is 3.61. The lowest BCUT2D eigenvalue weighted by Crippen LogP contribution is -1.91. The average Bonchev–Trinajstić information content (AvgIpc) is 3.00. The van der Waals surface area contributed by atoms with E-state index in [1.54, 1.807) is 6.07 Å². The van der Waals surface area contributed by atoms with Gasteiger partial charge in [-0.05, 0) is 36.6 Å². The molecule has 0 aromatic heterocycles. The normalized spacial score (nSPS) is 15.5. The number of hydrogen-bond acceptors (Lipinski definition) is 3. The van der Waals surface area contributed by atoms with Crippen LogP contribution in [0.3, 0.4) is 0 Å². The summed E-state index contributed by atoms with van der Waals surface area (Å²) in [7, 11) is 0. The molecule has 1 aliphatic rings. The van der Waals surface area contributed by atoms with E-state index in [4.69, 9.17) is 0 Å².